The number of aliphatic carboxylic acids is 1. The van der Waals surface area contributed by atoms with Gasteiger partial charge in [0.2, 0.25) is 0 Å². The van der Waals surface area contributed by atoms with Crippen molar-refractivity contribution in [3.05, 3.63) is 34.7 Å². The Morgan fingerprint density at radius 3 is 3.00 bits per heavy atom. The second-order valence-electron chi connectivity index (χ2n) is 3.40. The van der Waals surface area contributed by atoms with Crippen LogP contribution >= 0.6 is 0 Å². The summed E-state index contributed by atoms with van der Waals surface area (Å²) in [5, 5.41) is 15.3. The van der Waals surface area contributed by atoms with Crippen LogP contribution in [0, 0.1) is 0 Å². The second kappa shape index (κ2) is 5.78. The molecule has 1 atom stereocenters. The molecular formula is C9H12N6O2. The maximum Gasteiger partial charge on any atom is 0.329 e. The van der Waals surface area contributed by atoms with E-state index in [2.05, 4.69) is 25.3 Å². The summed E-state index contributed by atoms with van der Waals surface area (Å²) in [4.78, 5) is 21.6. The van der Waals surface area contributed by atoms with Crippen molar-refractivity contribution in [3.8, 4) is 0 Å². The molecule has 1 rings (SSSR count). The van der Waals surface area contributed by atoms with Crippen LogP contribution in [0.1, 0.15) is 12.6 Å². The Labute approximate surface area is 97.3 Å². The summed E-state index contributed by atoms with van der Waals surface area (Å²) >= 11 is 0. The van der Waals surface area contributed by atoms with E-state index < -0.39 is 11.5 Å². The molecule has 0 aromatic carbocycles. The predicted octanol–water partition coefficient (Wildman–Crippen LogP) is 0.676. The van der Waals surface area contributed by atoms with Crippen molar-refractivity contribution in [2.45, 2.75) is 12.5 Å². The van der Waals surface area contributed by atoms with Gasteiger partial charge in [-0.15, -0.1) is 0 Å². The molecule has 0 radical (unpaired) electrons. The minimum Gasteiger partial charge on any atom is -0.480 e. The minimum absolute atomic E-state index is 0.166. The second-order valence-corrected chi connectivity index (χ2v) is 3.40. The third kappa shape index (κ3) is 3.13. The number of nitrogens with zero attached hydrogens (tertiary/aromatic N) is 5. The summed E-state index contributed by atoms with van der Waals surface area (Å²) in [6.45, 7) is 1.89. The molecule has 8 nitrogen and oxygen atoms in total. The fourth-order valence-electron chi connectivity index (χ4n) is 1.23. The van der Waals surface area contributed by atoms with Crippen LogP contribution in [0.4, 0.5) is 0 Å². The first-order chi connectivity index (χ1) is 8.11. The van der Waals surface area contributed by atoms with Crippen LogP contribution in [0.3, 0.4) is 0 Å². The van der Waals surface area contributed by atoms with E-state index in [4.69, 9.17) is 5.53 Å². The molecule has 90 valence electrons. The van der Waals surface area contributed by atoms with Gasteiger partial charge in [0.25, 0.3) is 0 Å². The molecular weight excluding hydrogens is 224 g/mol. The summed E-state index contributed by atoms with van der Waals surface area (Å²) in [5.74, 6) is -1.07. The van der Waals surface area contributed by atoms with Crippen LogP contribution in [0.5, 0.6) is 0 Å². The molecule has 1 aromatic rings. The van der Waals surface area contributed by atoms with E-state index in [1.807, 2.05) is 0 Å². The quantitative estimate of drug-likeness (QED) is 0.325. The highest BCUT2D eigenvalue weighted by molar-refractivity contribution is 5.79. The van der Waals surface area contributed by atoms with Crippen molar-refractivity contribution in [1.82, 2.24) is 15.3 Å². The molecule has 0 saturated heterocycles. The van der Waals surface area contributed by atoms with Gasteiger partial charge in [-0.3, -0.25) is 15.3 Å². The van der Waals surface area contributed by atoms with Crippen LogP contribution in [-0.2, 0) is 10.3 Å². The topological polar surface area (TPSA) is 124 Å². The molecule has 0 aliphatic heterocycles. The highest BCUT2D eigenvalue weighted by Gasteiger charge is 2.36. The maximum absolute atomic E-state index is 11.3. The molecule has 0 aliphatic carbocycles. The van der Waals surface area contributed by atoms with Crippen LogP contribution in [0.25, 0.3) is 10.4 Å². The normalized spacial score (nSPS) is 13.5. The highest BCUT2D eigenvalue weighted by Crippen LogP contribution is 2.17. The zero-order valence-corrected chi connectivity index (χ0v) is 9.24. The summed E-state index contributed by atoms with van der Waals surface area (Å²) in [6, 6.07) is 0. The Kier molecular flexibility index (Phi) is 4.38. The lowest BCUT2D eigenvalue weighted by Crippen LogP contribution is -2.48. The molecule has 1 unspecified atom stereocenters. The number of carboxylic acid groups (broad SMARTS) is 1. The van der Waals surface area contributed by atoms with Crippen LogP contribution in [0.15, 0.2) is 23.7 Å². The number of azide groups is 1. The zero-order chi connectivity index (χ0) is 12.7. The number of carboxylic acids is 1. The Morgan fingerprint density at radius 2 is 2.47 bits per heavy atom. The first kappa shape index (κ1) is 12.9. The minimum atomic E-state index is -1.35. The van der Waals surface area contributed by atoms with Crippen LogP contribution in [-0.4, -0.2) is 34.1 Å². The van der Waals surface area contributed by atoms with Gasteiger partial charge in [-0.05, 0) is 12.5 Å². The van der Waals surface area contributed by atoms with E-state index in [-0.39, 0.29) is 13.1 Å². The Bertz CT molecular complexity index is 430. The molecule has 0 saturated carbocycles. The van der Waals surface area contributed by atoms with Crippen molar-refractivity contribution in [2.24, 2.45) is 5.11 Å². The van der Waals surface area contributed by atoms with Gasteiger partial charge in [-0.2, -0.15) is 0 Å². The van der Waals surface area contributed by atoms with Crippen molar-refractivity contribution >= 4 is 5.97 Å². The van der Waals surface area contributed by atoms with Gasteiger partial charge >= 0.3 is 5.97 Å². The van der Waals surface area contributed by atoms with E-state index in [9.17, 15) is 9.90 Å². The van der Waals surface area contributed by atoms with Gasteiger partial charge in [0.1, 0.15) is 0 Å². The molecule has 0 aliphatic rings. The number of aromatic nitrogens is 2. The third-order valence-electron chi connectivity index (χ3n) is 2.26. The van der Waals surface area contributed by atoms with Crippen LogP contribution < -0.4 is 5.32 Å². The predicted molar refractivity (Wildman–Crippen MR) is 59.0 cm³/mol. The average Bonchev–Trinajstić information content (AvgIpc) is 2.35. The average molecular weight is 236 g/mol. The van der Waals surface area contributed by atoms with Gasteiger partial charge < -0.3 is 5.11 Å². The Balaban J connectivity index is 2.83. The summed E-state index contributed by atoms with van der Waals surface area (Å²) in [7, 11) is 0. The molecule has 1 heterocycles. The van der Waals surface area contributed by atoms with Gasteiger partial charge in [0, 0.05) is 30.4 Å². The molecule has 0 bridgehead atoms. The molecule has 1 aromatic heterocycles. The monoisotopic (exact) mass is 236 g/mol. The maximum atomic E-state index is 11.3. The first-order valence-electron chi connectivity index (χ1n) is 4.87. The third-order valence-corrected chi connectivity index (χ3v) is 2.26. The summed E-state index contributed by atoms with van der Waals surface area (Å²) in [5.41, 5.74) is 7.07. The van der Waals surface area contributed by atoms with Gasteiger partial charge in [-0.25, -0.2) is 4.79 Å². The van der Waals surface area contributed by atoms with Crippen molar-refractivity contribution in [1.29, 1.82) is 0 Å². The van der Waals surface area contributed by atoms with Crippen molar-refractivity contribution in [2.75, 3.05) is 13.1 Å². The van der Waals surface area contributed by atoms with Crippen molar-refractivity contribution in [3.63, 3.8) is 0 Å². The number of hydrogen-bond donors (Lipinski definition) is 2. The summed E-state index contributed by atoms with van der Waals surface area (Å²) < 4.78 is 0. The zero-order valence-electron chi connectivity index (χ0n) is 9.24. The number of rotatable bonds is 6. The van der Waals surface area contributed by atoms with Gasteiger partial charge in [0.05, 0.1) is 11.9 Å². The lowest BCUT2D eigenvalue weighted by atomic mass is 9.98. The van der Waals surface area contributed by atoms with E-state index in [1.54, 1.807) is 0 Å². The van der Waals surface area contributed by atoms with Gasteiger partial charge in [0.15, 0.2) is 5.54 Å². The van der Waals surface area contributed by atoms with Gasteiger partial charge in [-0.1, -0.05) is 5.11 Å². The largest absolute Gasteiger partial charge is 0.480 e. The lowest BCUT2D eigenvalue weighted by Gasteiger charge is -2.24. The number of carbonyl (C=O) groups is 1. The number of hydrogen-bond acceptors (Lipinski definition) is 5. The van der Waals surface area contributed by atoms with Crippen molar-refractivity contribution < 1.29 is 9.90 Å². The Morgan fingerprint density at radius 1 is 1.71 bits per heavy atom. The SMILES string of the molecule is CC(NCCN=[N+]=[N-])(C(=O)O)c1cnccn1. The summed E-state index contributed by atoms with van der Waals surface area (Å²) in [6.07, 6.45) is 4.27. The molecule has 2 N–H and O–H groups in total. The van der Waals surface area contributed by atoms with E-state index >= 15 is 0 Å². The fraction of sp³-hybridized carbons (Fsp3) is 0.444. The first-order valence-corrected chi connectivity index (χ1v) is 4.87. The van der Waals surface area contributed by atoms with E-state index in [0.717, 1.165) is 0 Å². The molecule has 8 heteroatoms. The molecule has 17 heavy (non-hydrogen) atoms. The van der Waals surface area contributed by atoms with E-state index in [1.165, 1.54) is 25.5 Å². The lowest BCUT2D eigenvalue weighted by molar-refractivity contribution is -0.144. The Hall–Kier alpha value is -2.18. The fourth-order valence-corrected chi connectivity index (χ4v) is 1.23. The van der Waals surface area contributed by atoms with E-state index in [0.29, 0.717) is 5.69 Å². The molecule has 0 spiro atoms. The van der Waals surface area contributed by atoms with Crippen LogP contribution in [0.2, 0.25) is 0 Å². The number of nitrogens with one attached hydrogen (secondary N) is 1. The molecule has 0 fully saturated rings. The smallest absolute Gasteiger partial charge is 0.329 e. The molecule has 0 amide bonds. The standard InChI is InChI=1S/C9H12N6O2/c1-9(8(16)17,13-4-5-14-15-10)7-6-11-2-3-12-7/h2-3,6,13H,4-5H2,1H3,(H,16,17). The highest BCUT2D eigenvalue weighted by atomic mass is 16.4.